The van der Waals surface area contributed by atoms with Gasteiger partial charge in [-0.15, -0.1) is 0 Å². The maximum atomic E-state index is 12.0. The molecule has 3 aromatic rings. The van der Waals surface area contributed by atoms with Crippen LogP contribution < -0.4 is 14.9 Å². The van der Waals surface area contributed by atoms with Crippen LogP contribution in [0.5, 0.6) is 11.5 Å². The van der Waals surface area contributed by atoms with Gasteiger partial charge < -0.3 is 9.47 Å². The first-order valence-electron chi connectivity index (χ1n) is 8.70. The van der Waals surface area contributed by atoms with E-state index in [9.17, 15) is 4.79 Å². The molecule has 29 heavy (non-hydrogen) atoms. The SMILES string of the molecule is COc1cc(/C=N\NC(=O)c2ccccc2)ccc1OCc1ccc(Cl)cc1Cl. The summed E-state index contributed by atoms with van der Waals surface area (Å²) in [6.45, 7) is 0.271. The molecule has 0 spiro atoms. The molecular formula is C22H18Cl2N2O3. The van der Waals surface area contributed by atoms with Gasteiger partial charge in [0, 0.05) is 21.2 Å². The second-order valence-corrected chi connectivity index (χ2v) is 6.84. The molecule has 0 unspecified atom stereocenters. The molecule has 0 aliphatic carbocycles. The molecule has 1 amide bonds. The van der Waals surface area contributed by atoms with Gasteiger partial charge in [0.25, 0.3) is 5.91 Å². The standard InChI is InChI=1S/C22H18Cl2N2O3/c1-28-21-11-15(13-25-26-22(27)16-5-3-2-4-6-16)7-10-20(21)29-14-17-8-9-18(23)12-19(17)24/h2-13H,14H2,1H3,(H,26,27)/b25-13-. The first-order chi connectivity index (χ1) is 14.1. The summed E-state index contributed by atoms with van der Waals surface area (Å²) in [5.74, 6) is 0.811. The molecule has 0 aliphatic heterocycles. The molecule has 0 atom stereocenters. The van der Waals surface area contributed by atoms with Crippen LogP contribution in [0.3, 0.4) is 0 Å². The number of carbonyl (C=O) groups excluding carboxylic acids is 1. The van der Waals surface area contributed by atoms with Crippen LogP contribution in [0.15, 0.2) is 71.8 Å². The first-order valence-corrected chi connectivity index (χ1v) is 9.45. The van der Waals surface area contributed by atoms with E-state index in [-0.39, 0.29) is 12.5 Å². The third kappa shape index (κ3) is 5.73. The Morgan fingerprint density at radius 2 is 1.83 bits per heavy atom. The lowest BCUT2D eigenvalue weighted by atomic mass is 10.2. The Labute approximate surface area is 178 Å². The van der Waals surface area contributed by atoms with Gasteiger partial charge in [-0.05, 0) is 48.0 Å². The average Bonchev–Trinajstić information content (AvgIpc) is 2.74. The lowest BCUT2D eigenvalue weighted by molar-refractivity contribution is 0.0955. The van der Waals surface area contributed by atoms with Crippen molar-refractivity contribution < 1.29 is 14.3 Å². The third-order valence-electron chi connectivity index (χ3n) is 4.00. The fourth-order valence-corrected chi connectivity index (χ4v) is 2.96. The Hall–Kier alpha value is -3.02. The van der Waals surface area contributed by atoms with Crippen molar-refractivity contribution in [2.24, 2.45) is 5.10 Å². The first kappa shape index (κ1) is 20.7. The fraction of sp³-hybridized carbons (Fsp3) is 0.0909. The van der Waals surface area contributed by atoms with Crippen LogP contribution in [-0.4, -0.2) is 19.2 Å². The molecule has 0 fully saturated rings. The molecule has 148 valence electrons. The average molecular weight is 429 g/mol. The van der Waals surface area contributed by atoms with E-state index in [0.29, 0.717) is 27.1 Å². The Morgan fingerprint density at radius 3 is 2.55 bits per heavy atom. The van der Waals surface area contributed by atoms with E-state index in [4.69, 9.17) is 32.7 Å². The Morgan fingerprint density at radius 1 is 1.03 bits per heavy atom. The molecule has 7 heteroatoms. The van der Waals surface area contributed by atoms with Crippen LogP contribution in [0.25, 0.3) is 0 Å². The second-order valence-electron chi connectivity index (χ2n) is 6.00. The van der Waals surface area contributed by atoms with E-state index in [0.717, 1.165) is 11.1 Å². The number of hydrogen-bond donors (Lipinski definition) is 1. The number of benzene rings is 3. The number of hydrazone groups is 1. The number of nitrogens with one attached hydrogen (secondary N) is 1. The van der Waals surface area contributed by atoms with E-state index >= 15 is 0 Å². The highest BCUT2D eigenvalue weighted by Gasteiger charge is 2.08. The van der Waals surface area contributed by atoms with E-state index in [1.165, 1.54) is 6.21 Å². The number of carbonyl (C=O) groups is 1. The number of hydrogen-bond acceptors (Lipinski definition) is 4. The molecular weight excluding hydrogens is 411 g/mol. The molecule has 3 aromatic carbocycles. The van der Waals surface area contributed by atoms with E-state index in [2.05, 4.69) is 10.5 Å². The molecule has 0 radical (unpaired) electrons. The van der Waals surface area contributed by atoms with Crippen molar-refractivity contribution >= 4 is 35.3 Å². The topological polar surface area (TPSA) is 59.9 Å². The maximum Gasteiger partial charge on any atom is 0.271 e. The summed E-state index contributed by atoms with van der Waals surface area (Å²) in [5.41, 5.74) is 4.58. The fourth-order valence-electron chi connectivity index (χ4n) is 2.50. The lowest BCUT2D eigenvalue weighted by Crippen LogP contribution is -2.17. The summed E-state index contributed by atoms with van der Waals surface area (Å²) in [6.07, 6.45) is 1.53. The third-order valence-corrected chi connectivity index (χ3v) is 4.59. The highest BCUT2D eigenvalue weighted by Crippen LogP contribution is 2.29. The van der Waals surface area contributed by atoms with Gasteiger partial charge in [-0.3, -0.25) is 4.79 Å². The number of halogens is 2. The normalized spacial score (nSPS) is 10.7. The molecule has 0 saturated carbocycles. The van der Waals surface area contributed by atoms with Gasteiger partial charge in [0.1, 0.15) is 6.61 Å². The van der Waals surface area contributed by atoms with Gasteiger partial charge in [-0.1, -0.05) is 47.5 Å². The van der Waals surface area contributed by atoms with Crippen LogP contribution in [0.1, 0.15) is 21.5 Å². The Kier molecular flexibility index (Phi) is 7.11. The number of amides is 1. The van der Waals surface area contributed by atoms with Crippen molar-refractivity contribution in [3.63, 3.8) is 0 Å². The largest absolute Gasteiger partial charge is 0.493 e. The zero-order valence-corrected chi connectivity index (χ0v) is 17.1. The minimum Gasteiger partial charge on any atom is -0.493 e. The van der Waals surface area contributed by atoms with Gasteiger partial charge >= 0.3 is 0 Å². The summed E-state index contributed by atoms with van der Waals surface area (Å²) in [7, 11) is 1.55. The predicted molar refractivity (Wildman–Crippen MR) is 115 cm³/mol. The van der Waals surface area contributed by atoms with Gasteiger partial charge in [0.2, 0.25) is 0 Å². The zero-order chi connectivity index (χ0) is 20.6. The van der Waals surface area contributed by atoms with Gasteiger partial charge in [0.05, 0.1) is 13.3 Å². The summed E-state index contributed by atoms with van der Waals surface area (Å²) in [5, 5.41) is 5.09. The van der Waals surface area contributed by atoms with Gasteiger partial charge in [-0.2, -0.15) is 5.10 Å². The summed E-state index contributed by atoms with van der Waals surface area (Å²) >= 11 is 12.1. The number of rotatable bonds is 7. The summed E-state index contributed by atoms with van der Waals surface area (Å²) in [4.78, 5) is 12.0. The molecule has 1 N–H and O–H groups in total. The predicted octanol–water partition coefficient (Wildman–Crippen LogP) is 5.34. The van der Waals surface area contributed by atoms with Crippen LogP contribution in [0.4, 0.5) is 0 Å². The van der Waals surface area contributed by atoms with Gasteiger partial charge in [0.15, 0.2) is 11.5 Å². The minimum atomic E-state index is -0.284. The van der Waals surface area contributed by atoms with E-state index in [1.54, 1.807) is 61.7 Å². The van der Waals surface area contributed by atoms with Crippen molar-refractivity contribution in [1.82, 2.24) is 5.43 Å². The highest BCUT2D eigenvalue weighted by atomic mass is 35.5. The lowest BCUT2D eigenvalue weighted by Gasteiger charge is -2.12. The highest BCUT2D eigenvalue weighted by molar-refractivity contribution is 6.35. The number of ether oxygens (including phenoxy) is 2. The smallest absolute Gasteiger partial charge is 0.271 e. The molecule has 0 aliphatic rings. The molecule has 0 bridgehead atoms. The quantitative estimate of drug-likeness (QED) is 0.407. The van der Waals surface area contributed by atoms with Crippen molar-refractivity contribution in [2.45, 2.75) is 6.61 Å². The molecule has 0 heterocycles. The molecule has 0 aromatic heterocycles. The van der Waals surface area contributed by atoms with Crippen LogP contribution in [0, 0.1) is 0 Å². The maximum absolute atomic E-state index is 12.0. The van der Waals surface area contributed by atoms with Crippen LogP contribution >= 0.6 is 23.2 Å². The monoisotopic (exact) mass is 428 g/mol. The van der Waals surface area contributed by atoms with Crippen molar-refractivity contribution in [3.05, 3.63) is 93.5 Å². The minimum absolute atomic E-state index is 0.271. The van der Waals surface area contributed by atoms with E-state index in [1.807, 2.05) is 12.1 Å². The van der Waals surface area contributed by atoms with E-state index < -0.39 is 0 Å². The van der Waals surface area contributed by atoms with Crippen molar-refractivity contribution in [2.75, 3.05) is 7.11 Å². The zero-order valence-electron chi connectivity index (χ0n) is 15.6. The summed E-state index contributed by atoms with van der Waals surface area (Å²) < 4.78 is 11.2. The summed E-state index contributed by atoms with van der Waals surface area (Å²) in [6, 6.07) is 19.4. The van der Waals surface area contributed by atoms with Crippen LogP contribution in [-0.2, 0) is 6.61 Å². The van der Waals surface area contributed by atoms with Crippen molar-refractivity contribution in [1.29, 1.82) is 0 Å². The number of nitrogens with zero attached hydrogens (tertiary/aromatic N) is 1. The van der Waals surface area contributed by atoms with Crippen LogP contribution in [0.2, 0.25) is 10.0 Å². The Balaban J connectivity index is 1.64. The number of methoxy groups -OCH3 is 1. The molecule has 5 nitrogen and oxygen atoms in total. The molecule has 3 rings (SSSR count). The van der Waals surface area contributed by atoms with Gasteiger partial charge in [-0.25, -0.2) is 5.43 Å². The van der Waals surface area contributed by atoms with Crippen molar-refractivity contribution in [3.8, 4) is 11.5 Å². The molecule has 0 saturated heterocycles. The Bertz CT molecular complexity index is 1020. The second kappa shape index (κ2) is 9.96.